The van der Waals surface area contributed by atoms with Crippen LogP contribution in [-0.2, 0) is 0 Å². The van der Waals surface area contributed by atoms with E-state index in [1.54, 1.807) is 12.1 Å². The van der Waals surface area contributed by atoms with Crippen molar-refractivity contribution in [2.24, 2.45) is 0 Å². The summed E-state index contributed by atoms with van der Waals surface area (Å²) in [4.78, 5) is 22.9. The smallest absolute Gasteiger partial charge is 0.293 e. The van der Waals surface area contributed by atoms with Crippen molar-refractivity contribution in [2.45, 2.75) is 13.8 Å². The number of carbonyl (C=O) groups is 1. The molecular formula is C16H16ClN3O3. The molecule has 23 heavy (non-hydrogen) atoms. The summed E-state index contributed by atoms with van der Waals surface area (Å²) in [6.45, 7) is 4.26. The minimum atomic E-state index is -0.545. The van der Waals surface area contributed by atoms with Gasteiger partial charge in [-0.25, -0.2) is 0 Å². The van der Waals surface area contributed by atoms with E-state index in [2.05, 4.69) is 10.6 Å². The van der Waals surface area contributed by atoms with E-state index in [0.29, 0.717) is 12.2 Å². The van der Waals surface area contributed by atoms with Crippen molar-refractivity contribution in [3.8, 4) is 0 Å². The Kier molecular flexibility index (Phi) is 5.18. The van der Waals surface area contributed by atoms with Gasteiger partial charge in [-0.05, 0) is 32.0 Å². The fourth-order valence-corrected chi connectivity index (χ4v) is 2.30. The molecular weight excluding hydrogens is 318 g/mol. The van der Waals surface area contributed by atoms with E-state index in [0.717, 1.165) is 5.56 Å². The molecule has 7 heteroatoms. The van der Waals surface area contributed by atoms with Crippen molar-refractivity contribution in [3.05, 3.63) is 62.7 Å². The minimum absolute atomic E-state index is 0.0561. The van der Waals surface area contributed by atoms with Gasteiger partial charge in [0.15, 0.2) is 0 Å². The molecule has 1 amide bonds. The number of aryl methyl sites for hydroxylation is 1. The molecule has 2 N–H and O–H groups in total. The normalized spacial score (nSPS) is 10.2. The van der Waals surface area contributed by atoms with Crippen LogP contribution in [0.25, 0.3) is 0 Å². The van der Waals surface area contributed by atoms with Gasteiger partial charge in [0.05, 0.1) is 15.5 Å². The lowest BCUT2D eigenvalue weighted by molar-refractivity contribution is -0.384. The molecule has 0 bridgehead atoms. The number of hydrogen-bond donors (Lipinski definition) is 2. The Labute approximate surface area is 138 Å². The van der Waals surface area contributed by atoms with Crippen LogP contribution in [0.4, 0.5) is 17.1 Å². The number of nitro benzene ring substituents is 1. The second-order valence-electron chi connectivity index (χ2n) is 4.96. The third-order valence-corrected chi connectivity index (χ3v) is 3.52. The number of nitro groups is 1. The highest BCUT2D eigenvalue weighted by Gasteiger charge is 2.21. The van der Waals surface area contributed by atoms with Crippen molar-refractivity contribution in [1.29, 1.82) is 0 Å². The Morgan fingerprint density at radius 3 is 2.48 bits per heavy atom. The van der Waals surface area contributed by atoms with Crippen molar-refractivity contribution >= 4 is 34.6 Å². The maximum absolute atomic E-state index is 12.3. The monoisotopic (exact) mass is 333 g/mol. The van der Waals surface area contributed by atoms with Gasteiger partial charge in [0.2, 0.25) is 0 Å². The molecule has 2 rings (SSSR count). The van der Waals surface area contributed by atoms with Crippen molar-refractivity contribution < 1.29 is 9.72 Å². The van der Waals surface area contributed by atoms with Gasteiger partial charge >= 0.3 is 0 Å². The van der Waals surface area contributed by atoms with Crippen LogP contribution in [0.5, 0.6) is 0 Å². The fourth-order valence-electron chi connectivity index (χ4n) is 2.05. The molecule has 0 spiro atoms. The van der Waals surface area contributed by atoms with E-state index in [1.807, 2.05) is 26.0 Å². The van der Waals surface area contributed by atoms with E-state index in [9.17, 15) is 14.9 Å². The highest BCUT2D eigenvalue weighted by Crippen LogP contribution is 2.31. The van der Waals surface area contributed by atoms with Crippen molar-refractivity contribution in [3.63, 3.8) is 0 Å². The lowest BCUT2D eigenvalue weighted by atomic mass is 10.1. The van der Waals surface area contributed by atoms with Crippen LogP contribution in [0.3, 0.4) is 0 Å². The van der Waals surface area contributed by atoms with Gasteiger partial charge in [0.1, 0.15) is 5.69 Å². The van der Waals surface area contributed by atoms with Gasteiger partial charge in [0, 0.05) is 18.3 Å². The Hall–Kier alpha value is -2.60. The van der Waals surface area contributed by atoms with Crippen LogP contribution in [0.2, 0.25) is 5.02 Å². The van der Waals surface area contributed by atoms with Gasteiger partial charge < -0.3 is 10.6 Å². The number of nitrogens with one attached hydrogen (secondary N) is 2. The topological polar surface area (TPSA) is 84.3 Å². The van der Waals surface area contributed by atoms with E-state index in [-0.39, 0.29) is 22.0 Å². The molecule has 6 nitrogen and oxygen atoms in total. The number of rotatable bonds is 5. The molecule has 0 aliphatic rings. The zero-order valence-corrected chi connectivity index (χ0v) is 13.5. The first-order valence-corrected chi connectivity index (χ1v) is 7.40. The van der Waals surface area contributed by atoms with Gasteiger partial charge in [0.25, 0.3) is 11.6 Å². The summed E-state index contributed by atoms with van der Waals surface area (Å²) in [5.41, 5.74) is 1.81. The highest BCUT2D eigenvalue weighted by atomic mass is 35.5. The Morgan fingerprint density at radius 2 is 1.91 bits per heavy atom. The maximum Gasteiger partial charge on any atom is 0.293 e. The summed E-state index contributed by atoms with van der Waals surface area (Å²) in [6, 6.07) is 9.80. The van der Waals surface area contributed by atoms with Gasteiger partial charge in [-0.15, -0.1) is 0 Å². The first-order chi connectivity index (χ1) is 10.9. The van der Waals surface area contributed by atoms with Crippen LogP contribution in [0.15, 0.2) is 36.4 Å². The molecule has 0 atom stereocenters. The van der Waals surface area contributed by atoms with Crippen molar-refractivity contribution in [2.75, 3.05) is 17.2 Å². The molecule has 0 aliphatic carbocycles. The zero-order chi connectivity index (χ0) is 17.0. The Morgan fingerprint density at radius 1 is 1.26 bits per heavy atom. The number of benzene rings is 2. The minimum Gasteiger partial charge on any atom is -0.380 e. The van der Waals surface area contributed by atoms with E-state index < -0.39 is 10.8 Å². The van der Waals surface area contributed by atoms with E-state index in [4.69, 9.17) is 11.6 Å². The molecule has 0 fully saturated rings. The molecule has 0 saturated carbocycles. The van der Waals surface area contributed by atoms with E-state index >= 15 is 0 Å². The lowest BCUT2D eigenvalue weighted by Gasteiger charge is -2.10. The Bertz CT molecular complexity index is 745. The first kappa shape index (κ1) is 16.8. The van der Waals surface area contributed by atoms with Crippen LogP contribution in [0.1, 0.15) is 22.8 Å². The molecule has 120 valence electrons. The molecule has 0 unspecified atom stereocenters. The number of carbonyl (C=O) groups excluding carboxylic acids is 1. The van der Waals surface area contributed by atoms with Crippen LogP contribution >= 0.6 is 11.6 Å². The molecule has 0 saturated heterocycles. The summed E-state index contributed by atoms with van der Waals surface area (Å²) >= 11 is 6.10. The molecule has 2 aromatic rings. The molecule has 0 aromatic heterocycles. The van der Waals surface area contributed by atoms with Gasteiger partial charge in [-0.3, -0.25) is 14.9 Å². The Balaban J connectivity index is 2.34. The first-order valence-electron chi connectivity index (χ1n) is 7.02. The van der Waals surface area contributed by atoms with Gasteiger partial charge in [-0.2, -0.15) is 0 Å². The summed E-state index contributed by atoms with van der Waals surface area (Å²) in [7, 11) is 0. The number of anilines is 2. The average molecular weight is 334 g/mol. The molecule has 0 heterocycles. The number of hydrogen-bond acceptors (Lipinski definition) is 4. The predicted molar refractivity (Wildman–Crippen MR) is 91.4 cm³/mol. The molecule has 0 aliphatic heterocycles. The summed E-state index contributed by atoms with van der Waals surface area (Å²) in [6.07, 6.45) is 0. The summed E-state index contributed by atoms with van der Waals surface area (Å²) < 4.78 is 0. The number of halogens is 1. The van der Waals surface area contributed by atoms with Crippen LogP contribution < -0.4 is 10.6 Å². The molecule has 0 radical (unpaired) electrons. The highest BCUT2D eigenvalue weighted by molar-refractivity contribution is 6.35. The largest absolute Gasteiger partial charge is 0.380 e. The summed E-state index contributed by atoms with van der Waals surface area (Å²) in [5.74, 6) is -0.495. The second-order valence-corrected chi connectivity index (χ2v) is 5.36. The summed E-state index contributed by atoms with van der Waals surface area (Å²) in [5, 5.41) is 16.9. The third-order valence-electron chi connectivity index (χ3n) is 3.20. The SMILES string of the molecule is CCNc1cc(Cl)c(C(=O)Nc2ccc(C)cc2)cc1[N+](=O)[O-]. The van der Waals surface area contributed by atoms with E-state index in [1.165, 1.54) is 12.1 Å². The zero-order valence-electron chi connectivity index (χ0n) is 12.7. The maximum atomic E-state index is 12.3. The molecule has 2 aromatic carbocycles. The quantitative estimate of drug-likeness (QED) is 0.633. The van der Waals surface area contributed by atoms with Crippen LogP contribution in [-0.4, -0.2) is 17.4 Å². The predicted octanol–water partition coefficient (Wildman–Crippen LogP) is 4.24. The third kappa shape index (κ3) is 3.98. The fraction of sp³-hybridized carbons (Fsp3) is 0.188. The second kappa shape index (κ2) is 7.11. The number of nitrogens with zero attached hydrogens (tertiary/aromatic N) is 1. The number of amides is 1. The standard InChI is InChI=1S/C16H16ClN3O3/c1-3-18-14-9-13(17)12(8-15(14)20(22)23)16(21)19-11-6-4-10(2)5-7-11/h4-9,18H,3H2,1-2H3,(H,19,21). The van der Waals surface area contributed by atoms with Crippen LogP contribution in [0, 0.1) is 17.0 Å². The van der Waals surface area contributed by atoms with Crippen molar-refractivity contribution in [1.82, 2.24) is 0 Å². The van der Waals surface area contributed by atoms with Gasteiger partial charge in [-0.1, -0.05) is 29.3 Å². The average Bonchev–Trinajstić information content (AvgIpc) is 2.49. The lowest BCUT2D eigenvalue weighted by Crippen LogP contribution is -2.13.